The Labute approximate surface area is 85.1 Å². The van der Waals surface area contributed by atoms with Gasteiger partial charge in [0.1, 0.15) is 6.29 Å². The van der Waals surface area contributed by atoms with E-state index in [0.717, 1.165) is 10.8 Å². The van der Waals surface area contributed by atoms with E-state index in [-0.39, 0.29) is 13.2 Å². The molecule has 0 fully saturated rings. The second kappa shape index (κ2) is 7.91. The lowest BCUT2D eigenvalue weighted by molar-refractivity contribution is 0.112. The quantitative estimate of drug-likeness (QED) is 0.773. The van der Waals surface area contributed by atoms with Crippen LogP contribution in [0.3, 0.4) is 0 Å². The summed E-state index contributed by atoms with van der Waals surface area (Å²) in [4.78, 5) is 10.1. The second-order valence-electron chi connectivity index (χ2n) is 2.12. The molecular weight excluding hydrogens is 236 g/mol. The van der Waals surface area contributed by atoms with Crippen LogP contribution in [0.2, 0.25) is 0 Å². The molecule has 4 heteroatoms. The van der Waals surface area contributed by atoms with E-state index in [0.29, 0.717) is 5.56 Å². The van der Waals surface area contributed by atoms with Crippen molar-refractivity contribution in [2.24, 2.45) is 0 Å². The fourth-order valence-corrected chi connectivity index (χ4v) is 0.997. The first-order valence-electron chi connectivity index (χ1n) is 3.67. The first-order chi connectivity index (χ1) is 6.24. The second-order valence-corrected chi connectivity index (χ2v) is 3.04. The zero-order valence-electron chi connectivity index (χ0n) is 6.98. The summed E-state index contributed by atoms with van der Waals surface area (Å²) in [6.07, 6.45) is 0.824. The van der Waals surface area contributed by atoms with Gasteiger partial charge in [-0.3, -0.25) is 4.79 Å². The predicted octanol–water partition coefficient (Wildman–Crippen LogP) is 1.23. The van der Waals surface area contributed by atoms with Crippen LogP contribution in [0.15, 0.2) is 28.7 Å². The molecule has 0 aromatic heterocycles. The van der Waals surface area contributed by atoms with E-state index in [1.54, 1.807) is 12.1 Å². The highest BCUT2D eigenvalue weighted by molar-refractivity contribution is 9.10. The SMILES string of the molecule is O=Cc1cccc(Br)c1.OCCO. The summed E-state index contributed by atoms with van der Waals surface area (Å²) in [5.41, 5.74) is 0.698. The van der Waals surface area contributed by atoms with Crippen LogP contribution in [-0.2, 0) is 0 Å². The third kappa shape index (κ3) is 6.45. The van der Waals surface area contributed by atoms with Crippen LogP contribution in [0.25, 0.3) is 0 Å². The van der Waals surface area contributed by atoms with Crippen LogP contribution < -0.4 is 0 Å². The summed E-state index contributed by atoms with van der Waals surface area (Å²) in [5.74, 6) is 0. The Hall–Kier alpha value is -0.710. The maximum Gasteiger partial charge on any atom is 0.150 e. The van der Waals surface area contributed by atoms with Gasteiger partial charge in [0.15, 0.2) is 0 Å². The Morgan fingerprint density at radius 1 is 1.31 bits per heavy atom. The summed E-state index contributed by atoms with van der Waals surface area (Å²) in [7, 11) is 0. The number of rotatable bonds is 2. The van der Waals surface area contributed by atoms with Crippen molar-refractivity contribution in [3.8, 4) is 0 Å². The molecule has 0 unspecified atom stereocenters. The zero-order chi connectivity index (χ0) is 10.1. The van der Waals surface area contributed by atoms with Crippen LogP contribution >= 0.6 is 15.9 Å². The molecule has 72 valence electrons. The highest BCUT2D eigenvalue weighted by Gasteiger charge is 1.87. The van der Waals surface area contributed by atoms with Gasteiger partial charge in [-0.15, -0.1) is 0 Å². The molecule has 0 heterocycles. The Morgan fingerprint density at radius 2 is 1.92 bits per heavy atom. The molecule has 0 amide bonds. The van der Waals surface area contributed by atoms with Gasteiger partial charge in [0.2, 0.25) is 0 Å². The molecule has 0 saturated carbocycles. The predicted molar refractivity (Wildman–Crippen MR) is 53.7 cm³/mol. The summed E-state index contributed by atoms with van der Waals surface area (Å²) < 4.78 is 0.937. The molecule has 0 spiro atoms. The number of halogens is 1. The largest absolute Gasteiger partial charge is 0.394 e. The van der Waals surface area contributed by atoms with E-state index in [2.05, 4.69) is 15.9 Å². The highest BCUT2D eigenvalue weighted by atomic mass is 79.9. The summed E-state index contributed by atoms with van der Waals surface area (Å²) in [6.45, 7) is -0.250. The van der Waals surface area contributed by atoms with E-state index in [9.17, 15) is 4.79 Å². The van der Waals surface area contributed by atoms with E-state index in [4.69, 9.17) is 10.2 Å². The monoisotopic (exact) mass is 246 g/mol. The molecule has 3 nitrogen and oxygen atoms in total. The molecule has 2 N–H and O–H groups in total. The number of aldehydes is 1. The Morgan fingerprint density at radius 3 is 2.23 bits per heavy atom. The molecule has 0 bridgehead atoms. The smallest absolute Gasteiger partial charge is 0.150 e. The fourth-order valence-electron chi connectivity index (χ4n) is 0.580. The van der Waals surface area contributed by atoms with Crippen molar-refractivity contribution < 1.29 is 15.0 Å². The molecule has 0 aliphatic heterocycles. The lowest BCUT2D eigenvalue weighted by atomic mass is 10.2. The topological polar surface area (TPSA) is 57.5 Å². The third-order valence-electron chi connectivity index (χ3n) is 1.08. The minimum absolute atomic E-state index is 0.125. The summed E-state index contributed by atoms with van der Waals surface area (Å²) >= 11 is 3.24. The molecule has 1 aromatic rings. The van der Waals surface area contributed by atoms with Crippen molar-refractivity contribution in [1.29, 1.82) is 0 Å². The van der Waals surface area contributed by atoms with Gasteiger partial charge in [-0.2, -0.15) is 0 Å². The normalized spacial score (nSPS) is 8.54. The molecule has 0 saturated heterocycles. The number of aliphatic hydroxyl groups is 2. The Kier molecular flexibility index (Phi) is 7.48. The van der Waals surface area contributed by atoms with Crippen LogP contribution in [-0.4, -0.2) is 29.7 Å². The van der Waals surface area contributed by atoms with Crippen LogP contribution in [0.1, 0.15) is 10.4 Å². The molecule has 0 radical (unpaired) electrons. The number of hydrogen-bond donors (Lipinski definition) is 2. The number of aliphatic hydroxyl groups excluding tert-OH is 2. The van der Waals surface area contributed by atoms with Gasteiger partial charge in [-0.1, -0.05) is 28.1 Å². The van der Waals surface area contributed by atoms with Crippen LogP contribution in [0, 0.1) is 0 Å². The van der Waals surface area contributed by atoms with Gasteiger partial charge in [0.25, 0.3) is 0 Å². The molecular formula is C9H11BrO3. The lowest BCUT2D eigenvalue weighted by Crippen LogP contribution is -1.85. The standard InChI is InChI=1S/C7H5BrO.C2H6O2/c8-7-3-1-2-6(4-7)5-9;3-1-2-4/h1-5H;3-4H,1-2H2. The average molecular weight is 247 g/mol. The van der Waals surface area contributed by atoms with Crippen LogP contribution in [0.5, 0.6) is 0 Å². The molecule has 13 heavy (non-hydrogen) atoms. The van der Waals surface area contributed by atoms with Gasteiger partial charge in [-0.05, 0) is 12.1 Å². The van der Waals surface area contributed by atoms with Crippen molar-refractivity contribution in [1.82, 2.24) is 0 Å². The van der Waals surface area contributed by atoms with Crippen molar-refractivity contribution >= 4 is 22.2 Å². The number of benzene rings is 1. The highest BCUT2D eigenvalue weighted by Crippen LogP contribution is 2.09. The molecule has 0 aliphatic carbocycles. The summed E-state index contributed by atoms with van der Waals surface area (Å²) in [5, 5.41) is 15.2. The number of carbonyl (C=O) groups is 1. The van der Waals surface area contributed by atoms with Crippen molar-refractivity contribution in [3.05, 3.63) is 34.3 Å². The maximum absolute atomic E-state index is 10.1. The van der Waals surface area contributed by atoms with E-state index in [1.165, 1.54) is 0 Å². The minimum Gasteiger partial charge on any atom is -0.394 e. The molecule has 0 atom stereocenters. The first-order valence-corrected chi connectivity index (χ1v) is 4.46. The van der Waals surface area contributed by atoms with Crippen molar-refractivity contribution in [2.45, 2.75) is 0 Å². The molecule has 1 rings (SSSR count). The van der Waals surface area contributed by atoms with E-state index >= 15 is 0 Å². The van der Waals surface area contributed by atoms with Gasteiger partial charge >= 0.3 is 0 Å². The Balaban J connectivity index is 0.000000310. The van der Waals surface area contributed by atoms with Gasteiger partial charge < -0.3 is 10.2 Å². The first kappa shape index (κ1) is 12.3. The maximum atomic E-state index is 10.1. The van der Waals surface area contributed by atoms with Gasteiger partial charge in [0, 0.05) is 10.0 Å². The minimum atomic E-state index is -0.125. The zero-order valence-corrected chi connectivity index (χ0v) is 8.57. The summed E-state index contributed by atoms with van der Waals surface area (Å²) in [6, 6.07) is 7.24. The molecule has 0 aliphatic rings. The van der Waals surface area contributed by atoms with Crippen molar-refractivity contribution in [2.75, 3.05) is 13.2 Å². The van der Waals surface area contributed by atoms with E-state index < -0.39 is 0 Å². The third-order valence-corrected chi connectivity index (χ3v) is 1.58. The Bertz CT molecular complexity index is 248. The van der Waals surface area contributed by atoms with Crippen LogP contribution in [0.4, 0.5) is 0 Å². The molecule has 1 aromatic carbocycles. The number of carbonyl (C=O) groups excluding carboxylic acids is 1. The number of hydrogen-bond acceptors (Lipinski definition) is 3. The fraction of sp³-hybridized carbons (Fsp3) is 0.222. The average Bonchev–Trinajstić information content (AvgIpc) is 2.18. The van der Waals surface area contributed by atoms with Gasteiger partial charge in [-0.25, -0.2) is 0 Å². The van der Waals surface area contributed by atoms with E-state index in [1.807, 2.05) is 12.1 Å². The van der Waals surface area contributed by atoms with Gasteiger partial charge in [0.05, 0.1) is 13.2 Å². The lowest BCUT2D eigenvalue weighted by Gasteiger charge is -1.88. The van der Waals surface area contributed by atoms with Crippen molar-refractivity contribution in [3.63, 3.8) is 0 Å².